The number of hydrogen-bond acceptors (Lipinski definition) is 5. The van der Waals surface area contributed by atoms with Crippen molar-refractivity contribution < 1.29 is 4.74 Å². The average molecular weight is 278 g/mol. The smallest absolute Gasteiger partial charge is 0.195 e. The molecule has 2 aliphatic heterocycles. The minimum absolute atomic E-state index is 0.393. The molecule has 4 rings (SSSR count). The molecule has 19 heavy (non-hydrogen) atoms. The van der Waals surface area contributed by atoms with Crippen molar-refractivity contribution in [1.82, 2.24) is 9.38 Å². The molecule has 4 heterocycles. The highest BCUT2D eigenvalue weighted by molar-refractivity contribution is 7.15. The summed E-state index contributed by atoms with van der Waals surface area (Å²) in [6.45, 7) is 2.60. The van der Waals surface area contributed by atoms with Crippen molar-refractivity contribution in [3.63, 3.8) is 0 Å². The summed E-state index contributed by atoms with van der Waals surface area (Å²) in [5.41, 5.74) is 7.01. The molecule has 2 atom stereocenters. The van der Waals surface area contributed by atoms with Crippen molar-refractivity contribution in [3.8, 4) is 0 Å². The van der Waals surface area contributed by atoms with E-state index in [0.29, 0.717) is 18.8 Å². The van der Waals surface area contributed by atoms with Crippen molar-refractivity contribution in [3.05, 3.63) is 17.3 Å². The van der Waals surface area contributed by atoms with E-state index in [2.05, 4.69) is 20.9 Å². The summed E-state index contributed by atoms with van der Waals surface area (Å²) in [7, 11) is 0. The molecule has 2 fully saturated rings. The van der Waals surface area contributed by atoms with Crippen molar-refractivity contribution in [2.45, 2.75) is 31.5 Å². The van der Waals surface area contributed by atoms with Crippen LogP contribution in [0.2, 0.25) is 0 Å². The van der Waals surface area contributed by atoms with Gasteiger partial charge in [-0.05, 0) is 19.4 Å². The van der Waals surface area contributed by atoms with Gasteiger partial charge in [-0.1, -0.05) is 0 Å². The summed E-state index contributed by atoms with van der Waals surface area (Å²) in [5, 5.41) is 2.08. The van der Waals surface area contributed by atoms with Gasteiger partial charge >= 0.3 is 0 Å². The molecule has 2 saturated heterocycles. The molecule has 0 aliphatic carbocycles. The van der Waals surface area contributed by atoms with E-state index in [0.717, 1.165) is 30.3 Å². The van der Waals surface area contributed by atoms with Crippen molar-refractivity contribution in [2.75, 3.05) is 24.5 Å². The molecule has 2 aliphatic rings. The van der Waals surface area contributed by atoms with E-state index in [1.54, 1.807) is 11.3 Å². The Morgan fingerprint density at radius 3 is 2.89 bits per heavy atom. The van der Waals surface area contributed by atoms with Crippen LogP contribution in [0.25, 0.3) is 4.96 Å². The number of morpholine rings is 1. The Hall–Kier alpha value is -1.11. The highest BCUT2D eigenvalue weighted by atomic mass is 32.1. The van der Waals surface area contributed by atoms with Crippen LogP contribution in [-0.4, -0.2) is 41.2 Å². The molecule has 2 unspecified atom stereocenters. The number of hydrogen-bond donors (Lipinski definition) is 1. The maximum Gasteiger partial charge on any atom is 0.195 e. The molecule has 0 amide bonds. The number of nitrogens with two attached hydrogens (primary N) is 1. The number of ether oxygens (including phenoxy) is 1. The monoisotopic (exact) mass is 278 g/mol. The lowest BCUT2D eigenvalue weighted by Crippen LogP contribution is -2.43. The molecule has 2 aromatic rings. The third kappa shape index (κ3) is 1.86. The largest absolute Gasteiger partial charge is 0.371 e. The third-order valence-corrected chi connectivity index (χ3v) is 4.82. The zero-order valence-electron chi connectivity index (χ0n) is 10.8. The van der Waals surface area contributed by atoms with Crippen molar-refractivity contribution in [1.29, 1.82) is 0 Å². The zero-order chi connectivity index (χ0) is 12.8. The van der Waals surface area contributed by atoms with E-state index >= 15 is 0 Å². The van der Waals surface area contributed by atoms with Gasteiger partial charge < -0.3 is 15.4 Å². The molecular weight excluding hydrogens is 260 g/mol. The van der Waals surface area contributed by atoms with E-state index in [9.17, 15) is 0 Å². The molecular formula is C13H18N4OS. The molecule has 2 N–H and O–H groups in total. The minimum Gasteiger partial charge on any atom is -0.371 e. The quantitative estimate of drug-likeness (QED) is 0.918. The Balaban J connectivity index is 1.73. The van der Waals surface area contributed by atoms with Crippen LogP contribution in [0.1, 0.15) is 18.5 Å². The molecule has 0 spiro atoms. The predicted octanol–water partition coefficient (Wildman–Crippen LogP) is 1.26. The van der Waals surface area contributed by atoms with Crippen LogP contribution in [0, 0.1) is 0 Å². The van der Waals surface area contributed by atoms with Crippen molar-refractivity contribution in [2.24, 2.45) is 5.73 Å². The van der Waals surface area contributed by atoms with Crippen LogP contribution in [0.5, 0.6) is 0 Å². The third-order valence-electron chi connectivity index (χ3n) is 4.06. The van der Waals surface area contributed by atoms with Crippen LogP contribution in [0.4, 0.5) is 5.82 Å². The number of rotatable bonds is 3. The highest BCUT2D eigenvalue weighted by Gasteiger charge is 2.35. The molecule has 5 nitrogen and oxygen atoms in total. The maximum atomic E-state index is 5.91. The van der Waals surface area contributed by atoms with Crippen LogP contribution in [-0.2, 0) is 11.2 Å². The standard InChI is InChI=1S/C13H18N4OS/c14-4-3-11-12(15-13-17(11)5-6-19-13)16-7-9-1-2-10(8-16)18-9/h5-6,9-10H,1-4,7-8,14H2. The summed E-state index contributed by atoms with van der Waals surface area (Å²) in [4.78, 5) is 8.27. The molecule has 0 saturated carbocycles. The van der Waals surface area contributed by atoms with Crippen LogP contribution in [0.3, 0.4) is 0 Å². The lowest BCUT2D eigenvalue weighted by Gasteiger charge is -2.32. The Morgan fingerprint density at radius 2 is 2.16 bits per heavy atom. The Labute approximate surface area is 116 Å². The number of imidazole rings is 1. The van der Waals surface area contributed by atoms with Crippen LogP contribution < -0.4 is 10.6 Å². The fourth-order valence-electron chi connectivity index (χ4n) is 3.23. The molecule has 2 bridgehead atoms. The van der Waals surface area contributed by atoms with Gasteiger partial charge in [0.25, 0.3) is 0 Å². The first-order chi connectivity index (χ1) is 9.35. The van der Waals surface area contributed by atoms with Gasteiger partial charge in [0.1, 0.15) is 0 Å². The summed E-state index contributed by atoms with van der Waals surface area (Å²) in [5.74, 6) is 1.12. The van der Waals surface area contributed by atoms with E-state index in [4.69, 9.17) is 15.5 Å². The summed E-state index contributed by atoms with van der Waals surface area (Å²) >= 11 is 1.68. The Bertz CT molecular complexity index is 580. The SMILES string of the molecule is NCCc1c(N2CC3CCC(C2)O3)nc2sccn12. The number of aromatic nitrogens is 2. The van der Waals surface area contributed by atoms with Crippen LogP contribution in [0.15, 0.2) is 11.6 Å². The van der Waals surface area contributed by atoms with E-state index in [1.165, 1.54) is 18.5 Å². The average Bonchev–Trinajstić information content (AvgIpc) is 3.07. The lowest BCUT2D eigenvalue weighted by atomic mass is 10.2. The normalized spacial score (nSPS) is 26.5. The lowest BCUT2D eigenvalue weighted by molar-refractivity contribution is 0.0302. The van der Waals surface area contributed by atoms with Gasteiger partial charge in [-0.15, -0.1) is 11.3 Å². The van der Waals surface area contributed by atoms with E-state index in [1.807, 2.05) is 0 Å². The van der Waals surface area contributed by atoms with Crippen LogP contribution >= 0.6 is 11.3 Å². The van der Waals surface area contributed by atoms with Gasteiger partial charge in [0.15, 0.2) is 10.8 Å². The maximum absolute atomic E-state index is 5.91. The molecule has 2 aromatic heterocycles. The van der Waals surface area contributed by atoms with Gasteiger partial charge in [-0.2, -0.15) is 0 Å². The minimum atomic E-state index is 0.393. The second kappa shape index (κ2) is 4.47. The van der Waals surface area contributed by atoms with Gasteiger partial charge in [-0.25, -0.2) is 4.98 Å². The Kier molecular flexibility index (Phi) is 2.75. The number of thiazole rings is 1. The zero-order valence-corrected chi connectivity index (χ0v) is 11.6. The fraction of sp³-hybridized carbons (Fsp3) is 0.615. The molecule has 0 aromatic carbocycles. The molecule has 6 heteroatoms. The summed E-state index contributed by atoms with van der Waals surface area (Å²) < 4.78 is 8.09. The topological polar surface area (TPSA) is 55.8 Å². The Morgan fingerprint density at radius 1 is 1.37 bits per heavy atom. The van der Waals surface area contributed by atoms with Gasteiger partial charge in [-0.3, -0.25) is 4.40 Å². The van der Waals surface area contributed by atoms with Gasteiger partial charge in [0.05, 0.1) is 17.9 Å². The second-order valence-electron chi connectivity index (χ2n) is 5.34. The number of fused-ring (bicyclic) bond motifs is 3. The first kappa shape index (κ1) is 11.7. The fourth-order valence-corrected chi connectivity index (χ4v) is 3.96. The predicted molar refractivity (Wildman–Crippen MR) is 75.9 cm³/mol. The highest BCUT2D eigenvalue weighted by Crippen LogP contribution is 2.32. The van der Waals surface area contributed by atoms with Crippen molar-refractivity contribution >= 4 is 22.1 Å². The number of anilines is 1. The second-order valence-corrected chi connectivity index (χ2v) is 6.21. The first-order valence-electron chi connectivity index (χ1n) is 6.90. The van der Waals surface area contributed by atoms with E-state index in [-0.39, 0.29) is 0 Å². The van der Waals surface area contributed by atoms with E-state index < -0.39 is 0 Å². The van der Waals surface area contributed by atoms with Gasteiger partial charge in [0.2, 0.25) is 0 Å². The number of nitrogens with zero attached hydrogens (tertiary/aromatic N) is 3. The molecule has 0 radical (unpaired) electrons. The molecule has 102 valence electrons. The summed E-state index contributed by atoms with van der Waals surface area (Å²) in [6.07, 6.45) is 6.13. The first-order valence-corrected chi connectivity index (χ1v) is 7.78. The van der Waals surface area contributed by atoms with Gasteiger partial charge in [0, 0.05) is 31.1 Å². The summed E-state index contributed by atoms with van der Waals surface area (Å²) in [6, 6.07) is 0.